The molecule has 0 aliphatic rings. The predicted octanol–water partition coefficient (Wildman–Crippen LogP) is 1.33. The number of carboxylic acids is 4. The molecule has 0 aliphatic carbocycles. The van der Waals surface area contributed by atoms with Gasteiger partial charge in [0.15, 0.2) is 0 Å². The molecule has 2 heterocycles. The van der Waals surface area contributed by atoms with Crippen molar-refractivity contribution in [3.05, 3.63) is 48.8 Å². The number of aromatic nitrogens is 2. The van der Waals surface area contributed by atoms with Gasteiger partial charge in [0.25, 0.3) is 23.9 Å². The Morgan fingerprint density at radius 2 is 0.667 bits per heavy atom. The first kappa shape index (κ1) is 54.3. The summed E-state index contributed by atoms with van der Waals surface area (Å²) in [5.74, 6) is -3.33. The van der Waals surface area contributed by atoms with E-state index in [9.17, 15) is 0 Å². The molecular formula is C21H36N2O11Rh2. The van der Waals surface area contributed by atoms with Gasteiger partial charge in [-0.15, -0.1) is 0 Å². The first-order valence-corrected chi connectivity index (χ1v) is 8.84. The molecule has 0 atom stereocenters. The number of rotatable bonds is 1. The van der Waals surface area contributed by atoms with Crippen molar-refractivity contribution < 1.29 is 93.9 Å². The molecule has 0 unspecified atom stereocenters. The average Bonchev–Trinajstić information content (AvgIpc) is 2.78. The van der Waals surface area contributed by atoms with Gasteiger partial charge in [-0.1, -0.05) is 12.1 Å². The number of aliphatic hydroxyl groups excluding tert-OH is 3. The standard InChI is InChI=1S/C10H8N2.4C2H4O2.3CH4O.2Rh/c1-3-7-11-9(5-1)10-6-2-4-8-12-10;4*1-2(3)4;3*1-2;;/h1-8H;4*1H3,(H,3,4);3*2H,1H3;;. The van der Waals surface area contributed by atoms with Crippen LogP contribution in [0.2, 0.25) is 0 Å². The molecule has 13 nitrogen and oxygen atoms in total. The summed E-state index contributed by atoms with van der Waals surface area (Å²) in [6, 6.07) is 11.6. The summed E-state index contributed by atoms with van der Waals surface area (Å²) in [4.78, 5) is 44.4. The van der Waals surface area contributed by atoms with Crippen LogP contribution in [-0.4, -0.2) is 90.9 Å². The third kappa shape index (κ3) is 96.0. The van der Waals surface area contributed by atoms with Crippen molar-refractivity contribution >= 4 is 23.9 Å². The Bertz CT molecular complexity index is 608. The summed E-state index contributed by atoms with van der Waals surface area (Å²) in [5, 5.41) is 50.7. The largest absolute Gasteiger partial charge is 0.481 e. The van der Waals surface area contributed by atoms with Gasteiger partial charge in [-0.05, 0) is 24.3 Å². The monoisotopic (exact) mass is 698 g/mol. The molecule has 7 N–H and O–H groups in total. The van der Waals surface area contributed by atoms with E-state index in [1.807, 2.05) is 36.4 Å². The molecule has 0 spiro atoms. The van der Waals surface area contributed by atoms with E-state index >= 15 is 0 Å². The van der Waals surface area contributed by atoms with Crippen LogP contribution in [0.15, 0.2) is 48.8 Å². The van der Waals surface area contributed by atoms with E-state index in [2.05, 4.69) is 9.97 Å². The van der Waals surface area contributed by atoms with E-state index in [-0.39, 0.29) is 39.0 Å². The number of nitrogens with zero attached hydrogens (tertiary/aromatic N) is 2. The third-order valence-electron chi connectivity index (χ3n) is 1.59. The molecule has 2 radical (unpaired) electrons. The molecule has 2 aromatic rings. The molecule has 15 heteroatoms. The van der Waals surface area contributed by atoms with E-state index in [1.165, 1.54) is 0 Å². The van der Waals surface area contributed by atoms with E-state index in [1.54, 1.807) is 12.4 Å². The Morgan fingerprint density at radius 1 is 0.500 bits per heavy atom. The minimum atomic E-state index is -0.833. The number of hydrogen-bond acceptors (Lipinski definition) is 9. The molecule has 0 amide bonds. The van der Waals surface area contributed by atoms with Crippen molar-refractivity contribution in [3.63, 3.8) is 0 Å². The number of carboxylic acid groups (broad SMARTS) is 4. The van der Waals surface area contributed by atoms with Crippen LogP contribution < -0.4 is 0 Å². The zero-order chi connectivity index (χ0) is 28.5. The van der Waals surface area contributed by atoms with E-state index in [0.717, 1.165) is 60.4 Å². The van der Waals surface area contributed by atoms with Crippen LogP contribution in [0.1, 0.15) is 27.7 Å². The van der Waals surface area contributed by atoms with Gasteiger partial charge in [0.1, 0.15) is 0 Å². The van der Waals surface area contributed by atoms with E-state index < -0.39 is 23.9 Å². The van der Waals surface area contributed by atoms with Crippen LogP contribution in [0.3, 0.4) is 0 Å². The number of aliphatic hydroxyl groups is 3. The molecular weight excluding hydrogens is 662 g/mol. The van der Waals surface area contributed by atoms with Gasteiger partial charge in [-0.3, -0.25) is 29.1 Å². The second kappa shape index (κ2) is 49.4. The fourth-order valence-electron chi connectivity index (χ4n) is 1.03. The first-order chi connectivity index (χ1) is 15.9. The van der Waals surface area contributed by atoms with Crippen molar-refractivity contribution in [2.24, 2.45) is 0 Å². The smallest absolute Gasteiger partial charge is 0.300 e. The zero-order valence-corrected chi connectivity index (χ0v) is 24.2. The molecule has 0 bridgehead atoms. The number of pyridine rings is 2. The summed E-state index contributed by atoms with van der Waals surface area (Å²) in [5.41, 5.74) is 1.83. The fraction of sp³-hybridized carbons (Fsp3) is 0.333. The quantitative estimate of drug-likeness (QED) is 0.209. The Labute approximate surface area is 236 Å². The van der Waals surface area contributed by atoms with Crippen LogP contribution in [-0.2, 0) is 58.1 Å². The van der Waals surface area contributed by atoms with Gasteiger partial charge < -0.3 is 35.7 Å². The molecule has 0 fully saturated rings. The van der Waals surface area contributed by atoms with Crippen molar-refractivity contribution in [3.8, 4) is 11.4 Å². The zero-order valence-electron chi connectivity index (χ0n) is 20.9. The second-order valence-corrected chi connectivity index (χ2v) is 4.51. The SMILES string of the molecule is CC(=O)O.CC(=O)O.CC(=O)O.CC(=O)O.CO.CO.CO.[Rh].[Rh].c1ccc(-c2ccccn2)nc1. The average molecular weight is 698 g/mol. The van der Waals surface area contributed by atoms with Gasteiger partial charge in [-0.2, -0.15) is 0 Å². The van der Waals surface area contributed by atoms with Gasteiger partial charge in [0.05, 0.1) is 11.4 Å². The molecule has 0 aromatic carbocycles. The normalized spacial score (nSPS) is 6.50. The molecule has 0 saturated carbocycles. The van der Waals surface area contributed by atoms with Crippen molar-refractivity contribution in [1.29, 1.82) is 0 Å². The van der Waals surface area contributed by atoms with E-state index in [0.29, 0.717) is 0 Å². The van der Waals surface area contributed by atoms with Crippen molar-refractivity contribution in [1.82, 2.24) is 9.97 Å². The summed E-state index contributed by atoms with van der Waals surface area (Å²) >= 11 is 0. The number of carbonyl (C=O) groups is 4. The molecule has 0 saturated heterocycles. The van der Waals surface area contributed by atoms with Crippen LogP contribution in [0.5, 0.6) is 0 Å². The van der Waals surface area contributed by atoms with E-state index in [4.69, 9.17) is 54.9 Å². The second-order valence-electron chi connectivity index (χ2n) is 4.51. The summed E-state index contributed by atoms with van der Waals surface area (Å²) in [6.07, 6.45) is 3.54. The molecule has 2 aromatic heterocycles. The van der Waals surface area contributed by atoms with Gasteiger partial charge >= 0.3 is 0 Å². The van der Waals surface area contributed by atoms with Gasteiger partial charge in [0.2, 0.25) is 0 Å². The molecule has 36 heavy (non-hydrogen) atoms. The van der Waals surface area contributed by atoms with Crippen LogP contribution in [0.4, 0.5) is 0 Å². The van der Waals surface area contributed by atoms with Crippen molar-refractivity contribution in [2.75, 3.05) is 21.3 Å². The Hall–Kier alpha value is -2.69. The number of hydrogen-bond donors (Lipinski definition) is 7. The van der Waals surface area contributed by atoms with Crippen molar-refractivity contribution in [2.45, 2.75) is 27.7 Å². The summed E-state index contributed by atoms with van der Waals surface area (Å²) in [6.45, 7) is 4.33. The Kier molecular flexibility index (Phi) is 74.5. The topological polar surface area (TPSA) is 236 Å². The van der Waals surface area contributed by atoms with Crippen LogP contribution in [0, 0.1) is 0 Å². The maximum Gasteiger partial charge on any atom is 0.300 e. The summed E-state index contributed by atoms with van der Waals surface area (Å²) in [7, 11) is 3.00. The Balaban J connectivity index is -0.0000000469. The van der Waals surface area contributed by atoms with Crippen LogP contribution in [0.25, 0.3) is 11.4 Å². The minimum Gasteiger partial charge on any atom is -0.481 e. The molecule has 214 valence electrons. The van der Waals surface area contributed by atoms with Gasteiger partial charge in [0, 0.05) is 100 Å². The van der Waals surface area contributed by atoms with Gasteiger partial charge in [-0.25, -0.2) is 0 Å². The number of aliphatic carboxylic acids is 4. The third-order valence-corrected chi connectivity index (χ3v) is 1.59. The maximum absolute atomic E-state index is 9.00. The first-order valence-electron chi connectivity index (χ1n) is 8.84. The fourth-order valence-corrected chi connectivity index (χ4v) is 1.03. The molecule has 0 aliphatic heterocycles. The molecule has 2 rings (SSSR count). The minimum absolute atomic E-state index is 0. The summed E-state index contributed by atoms with van der Waals surface area (Å²) < 4.78 is 0. The predicted molar refractivity (Wildman–Crippen MR) is 125 cm³/mol. The van der Waals surface area contributed by atoms with Crippen LogP contribution >= 0.6 is 0 Å². The Morgan fingerprint density at radius 3 is 0.778 bits per heavy atom. The maximum atomic E-state index is 9.00.